The van der Waals surface area contributed by atoms with E-state index in [1.54, 1.807) is 10.9 Å². The Labute approximate surface area is 118 Å². The quantitative estimate of drug-likeness (QED) is 0.816. The summed E-state index contributed by atoms with van der Waals surface area (Å²) in [6, 6.07) is 0.336. The van der Waals surface area contributed by atoms with Gasteiger partial charge in [0.2, 0.25) is 0 Å². The van der Waals surface area contributed by atoms with Crippen LogP contribution in [0.1, 0.15) is 29.9 Å². The summed E-state index contributed by atoms with van der Waals surface area (Å²) in [5.74, 6) is 0.419. The maximum absolute atomic E-state index is 12.5. The van der Waals surface area contributed by atoms with Crippen molar-refractivity contribution in [2.75, 3.05) is 39.4 Å². The number of ether oxygens (including phenoxy) is 1. The topological polar surface area (TPSA) is 72.3 Å². The zero-order valence-electron chi connectivity index (χ0n) is 11.8. The van der Waals surface area contributed by atoms with Crippen LogP contribution in [0, 0.1) is 5.92 Å². The Morgan fingerprint density at radius 1 is 1.60 bits per heavy atom. The molecule has 1 N–H and O–H groups in total. The molecular weight excluding hydrogens is 258 g/mol. The van der Waals surface area contributed by atoms with Crippen LogP contribution in [-0.4, -0.2) is 65.2 Å². The van der Waals surface area contributed by atoms with Gasteiger partial charge in [-0.1, -0.05) is 5.21 Å². The number of aromatic nitrogens is 3. The highest BCUT2D eigenvalue weighted by molar-refractivity contribution is 5.91. The van der Waals surface area contributed by atoms with Crippen molar-refractivity contribution in [3.8, 4) is 0 Å². The maximum Gasteiger partial charge on any atom is 0.276 e. The summed E-state index contributed by atoms with van der Waals surface area (Å²) in [7, 11) is 0. The predicted molar refractivity (Wildman–Crippen MR) is 72.4 cm³/mol. The Morgan fingerprint density at radius 3 is 3.05 bits per heavy atom. The lowest BCUT2D eigenvalue weighted by Gasteiger charge is -2.26. The molecule has 1 aromatic heterocycles. The largest absolute Gasteiger partial charge is 0.381 e. The second-order valence-corrected chi connectivity index (χ2v) is 5.47. The summed E-state index contributed by atoms with van der Waals surface area (Å²) in [4.78, 5) is 14.3. The number of nitrogens with one attached hydrogen (secondary N) is 1. The molecule has 110 valence electrons. The number of nitrogens with zero attached hydrogens (tertiary/aromatic N) is 4. The molecule has 2 saturated heterocycles. The molecule has 0 radical (unpaired) electrons. The standard InChI is InChI=1S/C13H21N5O2/c1-2-17(7-10-3-4-20-9-10)13(19)12-8-18(16-15-12)11-5-14-6-11/h8,10-11,14H,2-7,9H2,1H3. The van der Waals surface area contributed by atoms with Gasteiger partial charge in [0.15, 0.2) is 5.69 Å². The Hall–Kier alpha value is -1.47. The fourth-order valence-corrected chi connectivity index (χ4v) is 2.57. The maximum atomic E-state index is 12.5. The van der Waals surface area contributed by atoms with Crippen LogP contribution in [-0.2, 0) is 4.74 Å². The van der Waals surface area contributed by atoms with Gasteiger partial charge in [0.1, 0.15) is 0 Å². The summed E-state index contributed by atoms with van der Waals surface area (Å²) in [6.07, 6.45) is 2.80. The molecule has 2 fully saturated rings. The summed E-state index contributed by atoms with van der Waals surface area (Å²) >= 11 is 0. The fourth-order valence-electron chi connectivity index (χ4n) is 2.57. The van der Waals surface area contributed by atoms with Crippen molar-refractivity contribution >= 4 is 5.91 Å². The molecule has 1 aromatic rings. The van der Waals surface area contributed by atoms with Gasteiger partial charge < -0.3 is 15.0 Å². The van der Waals surface area contributed by atoms with Gasteiger partial charge in [-0.3, -0.25) is 4.79 Å². The highest BCUT2D eigenvalue weighted by Gasteiger charge is 2.26. The van der Waals surface area contributed by atoms with E-state index >= 15 is 0 Å². The first kappa shape index (κ1) is 13.5. The third-order valence-corrected chi connectivity index (χ3v) is 4.03. The SMILES string of the molecule is CCN(CC1CCOC1)C(=O)c1cn(C2CNC2)nn1. The Morgan fingerprint density at radius 2 is 2.45 bits per heavy atom. The van der Waals surface area contributed by atoms with Gasteiger partial charge in [-0.25, -0.2) is 4.68 Å². The minimum atomic E-state index is -0.0297. The minimum Gasteiger partial charge on any atom is -0.381 e. The zero-order chi connectivity index (χ0) is 13.9. The molecule has 1 unspecified atom stereocenters. The molecule has 7 heteroatoms. The lowest BCUT2D eigenvalue weighted by Crippen LogP contribution is -2.43. The highest BCUT2D eigenvalue weighted by atomic mass is 16.5. The normalized spacial score (nSPS) is 22.8. The van der Waals surface area contributed by atoms with Crippen LogP contribution in [0.2, 0.25) is 0 Å². The number of hydrogen-bond donors (Lipinski definition) is 1. The number of hydrogen-bond acceptors (Lipinski definition) is 5. The number of rotatable bonds is 5. The van der Waals surface area contributed by atoms with E-state index in [1.165, 1.54) is 0 Å². The number of carbonyl (C=O) groups excluding carboxylic acids is 1. The van der Waals surface area contributed by atoms with E-state index in [9.17, 15) is 4.79 Å². The van der Waals surface area contributed by atoms with Crippen LogP contribution in [0.5, 0.6) is 0 Å². The van der Waals surface area contributed by atoms with Gasteiger partial charge in [0.05, 0.1) is 18.8 Å². The van der Waals surface area contributed by atoms with Crippen molar-refractivity contribution in [2.45, 2.75) is 19.4 Å². The second-order valence-electron chi connectivity index (χ2n) is 5.47. The van der Waals surface area contributed by atoms with Crippen LogP contribution < -0.4 is 5.32 Å². The average molecular weight is 279 g/mol. The molecule has 0 aliphatic carbocycles. The van der Waals surface area contributed by atoms with E-state index in [4.69, 9.17) is 4.74 Å². The first-order valence-corrected chi connectivity index (χ1v) is 7.27. The molecule has 0 spiro atoms. The molecule has 3 heterocycles. The van der Waals surface area contributed by atoms with E-state index in [0.717, 1.165) is 39.3 Å². The molecule has 1 amide bonds. The van der Waals surface area contributed by atoms with Crippen molar-refractivity contribution in [2.24, 2.45) is 5.92 Å². The van der Waals surface area contributed by atoms with Crippen LogP contribution in [0.25, 0.3) is 0 Å². The van der Waals surface area contributed by atoms with Crippen molar-refractivity contribution in [1.29, 1.82) is 0 Å². The molecular formula is C13H21N5O2. The Balaban J connectivity index is 1.64. The van der Waals surface area contributed by atoms with Gasteiger partial charge in [0.25, 0.3) is 5.91 Å². The molecule has 0 bridgehead atoms. The van der Waals surface area contributed by atoms with Gasteiger partial charge in [0, 0.05) is 38.7 Å². The monoisotopic (exact) mass is 279 g/mol. The van der Waals surface area contributed by atoms with Crippen LogP contribution in [0.15, 0.2) is 6.20 Å². The van der Waals surface area contributed by atoms with Crippen molar-refractivity contribution in [3.05, 3.63) is 11.9 Å². The molecule has 20 heavy (non-hydrogen) atoms. The first-order valence-electron chi connectivity index (χ1n) is 7.27. The Bertz CT molecular complexity index is 465. The smallest absolute Gasteiger partial charge is 0.276 e. The highest BCUT2D eigenvalue weighted by Crippen LogP contribution is 2.16. The van der Waals surface area contributed by atoms with Crippen molar-refractivity contribution in [1.82, 2.24) is 25.2 Å². The summed E-state index contributed by atoms with van der Waals surface area (Å²) < 4.78 is 7.16. The van der Waals surface area contributed by atoms with Crippen LogP contribution in [0.4, 0.5) is 0 Å². The Kier molecular flexibility index (Phi) is 3.98. The van der Waals surface area contributed by atoms with E-state index in [1.807, 2.05) is 11.8 Å². The lowest BCUT2D eigenvalue weighted by molar-refractivity contribution is 0.0725. The van der Waals surface area contributed by atoms with Gasteiger partial charge in [-0.05, 0) is 13.3 Å². The molecule has 0 aromatic carbocycles. The molecule has 1 atom stereocenters. The van der Waals surface area contributed by atoms with Crippen LogP contribution in [0.3, 0.4) is 0 Å². The van der Waals surface area contributed by atoms with E-state index in [2.05, 4.69) is 15.6 Å². The van der Waals surface area contributed by atoms with Gasteiger partial charge >= 0.3 is 0 Å². The van der Waals surface area contributed by atoms with Crippen molar-refractivity contribution < 1.29 is 9.53 Å². The van der Waals surface area contributed by atoms with Gasteiger partial charge in [-0.15, -0.1) is 5.10 Å². The first-order chi connectivity index (χ1) is 9.78. The number of amides is 1. The third kappa shape index (κ3) is 2.69. The molecule has 0 saturated carbocycles. The van der Waals surface area contributed by atoms with Gasteiger partial charge in [-0.2, -0.15) is 0 Å². The zero-order valence-corrected chi connectivity index (χ0v) is 11.8. The molecule has 3 rings (SSSR count). The van der Waals surface area contributed by atoms with E-state index in [0.29, 0.717) is 24.2 Å². The van der Waals surface area contributed by atoms with Crippen LogP contribution >= 0.6 is 0 Å². The third-order valence-electron chi connectivity index (χ3n) is 4.03. The minimum absolute atomic E-state index is 0.0297. The van der Waals surface area contributed by atoms with E-state index in [-0.39, 0.29) is 5.91 Å². The molecule has 2 aliphatic rings. The van der Waals surface area contributed by atoms with E-state index < -0.39 is 0 Å². The molecule has 7 nitrogen and oxygen atoms in total. The lowest BCUT2D eigenvalue weighted by atomic mass is 10.1. The van der Waals surface area contributed by atoms with Crippen molar-refractivity contribution in [3.63, 3.8) is 0 Å². The summed E-state index contributed by atoms with van der Waals surface area (Å²) in [6.45, 7) is 6.78. The predicted octanol–water partition coefficient (Wildman–Crippen LogP) is -0.0790. The summed E-state index contributed by atoms with van der Waals surface area (Å²) in [5, 5.41) is 11.3. The second kappa shape index (κ2) is 5.88. The number of carbonyl (C=O) groups is 1. The molecule has 2 aliphatic heterocycles. The summed E-state index contributed by atoms with van der Waals surface area (Å²) in [5.41, 5.74) is 0.442. The fraction of sp³-hybridized carbons (Fsp3) is 0.769. The average Bonchev–Trinajstić information content (AvgIpc) is 3.04.